The van der Waals surface area contributed by atoms with Gasteiger partial charge in [-0.2, -0.15) is 0 Å². The van der Waals surface area contributed by atoms with E-state index in [0.717, 1.165) is 11.9 Å². The summed E-state index contributed by atoms with van der Waals surface area (Å²) in [6.07, 6.45) is -75.2. The summed E-state index contributed by atoms with van der Waals surface area (Å²) in [6, 6.07) is 0. The SMILES string of the molecule is CC[C@@H](C)[C@@H](C[C@H](O)CC(=O)O[C@H]1[C@@H](O)[C@@H](C)O[C@@H](OC(=O)[C@]23CCC(C)(C)C[C@H]2C2=CC[C@@H]4[C@@]5(C)CC[C@H](O[C@@H]6O[C@H](C(=O)O)[C@@H](O)[C@H](O[C@@H]7OC[C@@H](O)[C@H](O)[C@H]7O)[C@H]6O[C@@H]6O[C@H](CO)[C@H](O)[C@H](O)[C@H]6O)[C@@](C)(C=O)[C@@H]5CC[C@@]4(C)[C@]2(C)C[C@H]3O)[C@@H]1O[C@@H]1O[C@@H](C)[C@H](O[C@@H]2OC[C@@H](O)[C@H](O)[C@H]2O)[C@@H](O[C@@H]2O[C@H](CO)[C@@H](O)[C@H](O)[C@H]2O)[C@H]1O)OC(=O)C[C@@H](O)C[C@H](O[C@@H]1O[C@@H](CO)[C@H](O)[C@H]1O)[C@@H](C)CC. The van der Waals surface area contributed by atoms with Crippen molar-refractivity contribution in [2.75, 3.05) is 33.0 Å². The first-order chi connectivity index (χ1) is 65.8. The Labute approximate surface area is 808 Å². The predicted octanol–water partition coefficient (Wildman–Crippen LogP) is -6.33. The van der Waals surface area contributed by atoms with Crippen molar-refractivity contribution in [1.82, 2.24) is 0 Å². The Morgan fingerprint density at radius 3 is 1.49 bits per heavy atom. The van der Waals surface area contributed by atoms with Gasteiger partial charge in [-0.25, -0.2) is 4.79 Å². The average Bonchev–Trinajstić information content (AvgIpc) is 0.716. The van der Waals surface area contributed by atoms with Crippen molar-refractivity contribution in [3.63, 3.8) is 0 Å². The molecule has 0 unspecified atom stereocenters. The van der Waals surface area contributed by atoms with E-state index >= 15 is 4.79 Å². The summed E-state index contributed by atoms with van der Waals surface area (Å²) in [6.45, 7) is 17.9. The minimum absolute atomic E-state index is 0.0174. The molecule has 0 aromatic carbocycles. The number of carboxylic acids is 1. The van der Waals surface area contributed by atoms with Gasteiger partial charge in [0.25, 0.3) is 0 Å². The summed E-state index contributed by atoms with van der Waals surface area (Å²) in [7, 11) is 0. The van der Waals surface area contributed by atoms with Gasteiger partial charge in [0.1, 0.15) is 164 Å². The van der Waals surface area contributed by atoms with E-state index in [9.17, 15) is 142 Å². The van der Waals surface area contributed by atoms with Gasteiger partial charge < -0.3 is 213 Å². The van der Waals surface area contributed by atoms with Gasteiger partial charge in [0.05, 0.1) is 94.0 Å². The van der Waals surface area contributed by atoms with Crippen LogP contribution in [0.3, 0.4) is 0 Å². The average molecular weight is 2020 g/mol. The Balaban J connectivity index is 0.794. The third kappa shape index (κ3) is 21.9. The first-order valence-corrected chi connectivity index (χ1v) is 49.0. The molecule has 0 amide bonds. The largest absolute Gasteiger partial charge is 0.479 e. The van der Waals surface area contributed by atoms with E-state index in [4.69, 9.17) is 85.3 Å². The van der Waals surface area contributed by atoms with Gasteiger partial charge in [0.2, 0.25) is 6.29 Å². The van der Waals surface area contributed by atoms with Crippen molar-refractivity contribution < 1.29 is 232 Å². The molecule has 47 nitrogen and oxygen atoms in total. The summed E-state index contributed by atoms with van der Waals surface area (Å²) >= 11 is 0. The molecule has 0 aromatic heterocycles. The third-order valence-electron chi connectivity index (χ3n) is 33.6. The number of aliphatic hydroxyl groups excluding tert-OH is 23. The lowest BCUT2D eigenvalue weighted by Crippen LogP contribution is -2.69. The van der Waals surface area contributed by atoms with Crippen LogP contribution in [0, 0.1) is 62.1 Å². The Kier molecular flexibility index (Phi) is 36.5. The standard InChI is InChI=1S/C93H150O47/c1-13-35(3)45(127-54(103)25-40(99)24-46(36(4)14-2)128-81-66(115)61(110)49(31-96)129-81)23-39(98)26-55(104)133-72-56(105)37(5)125-85(76(72)139-84-70(119)74(136-82-67(116)62(111)59(108)47(29-94)130-82)71(38(6)126-84)134-79-64(113)57(106)43(100)32-123-79)140-87(122)93-22-21-88(7,8)27-42(93)41-15-16-51-89(9)19-18-53(90(10,34-97)50(89)17-20-91(51,11)92(41,12)28-52(93)102)132-86-77(138-83-68(117)63(112)60(109)48(30-95)131-83)73(69(118)75(137-86)78(120)121)135-80-65(114)58(107)44(101)33-124-80/h15,34-40,42-53,56-77,79-86,94-96,98-102,105-119H,13-14,16-33H2,1-12H3,(H,120,121)/t35-,36+,37-,38+,39+,40+,42+,43-,44-,45-,46+,47-,48-,49+,50-,51-,52-,53+,56+,57+,58+,59-,60+,61+,62+,63+,64-,65-,66-,67-,68-,69+,70-,71+,72+,73+,74+,75+,76-,77-,79+,80+,81-,82+,83+,84+,85+,86-,89+,90+,91-,92-,93-/m1/s1. The van der Waals surface area contributed by atoms with E-state index < -0.39 is 390 Å². The highest BCUT2D eigenvalue weighted by atomic mass is 16.8. The Morgan fingerprint density at radius 1 is 0.464 bits per heavy atom. The monoisotopic (exact) mass is 2020 g/mol. The van der Waals surface area contributed by atoms with E-state index in [1.807, 2.05) is 27.7 Å². The predicted molar refractivity (Wildman–Crippen MR) is 464 cm³/mol. The molecule has 5 aliphatic carbocycles. The second-order valence-corrected chi connectivity index (χ2v) is 42.9. The van der Waals surface area contributed by atoms with Gasteiger partial charge in [-0.1, -0.05) is 93.7 Å². The van der Waals surface area contributed by atoms with Crippen LogP contribution in [0.4, 0.5) is 0 Å². The number of carbonyl (C=O) groups excluding carboxylic acids is 4. The lowest BCUT2D eigenvalue weighted by Gasteiger charge is -2.71. The van der Waals surface area contributed by atoms with E-state index in [-0.39, 0.29) is 56.8 Å². The van der Waals surface area contributed by atoms with Gasteiger partial charge in [-0.05, 0) is 123 Å². The second-order valence-electron chi connectivity index (χ2n) is 42.9. The minimum atomic E-state index is -2.33. The number of aliphatic hydroxyl groups is 23. The zero-order valence-corrected chi connectivity index (χ0v) is 80.6. The Bertz CT molecular complexity index is 4140. The normalized spacial score (nSPS) is 48.8. The molecule has 140 heavy (non-hydrogen) atoms. The van der Waals surface area contributed by atoms with Crippen LogP contribution in [0.2, 0.25) is 0 Å². The fraction of sp³-hybridized carbons (Fsp3) is 0.925. The molecule has 8 saturated heterocycles. The van der Waals surface area contributed by atoms with Crippen LogP contribution in [-0.4, -0.2) is 450 Å². The molecular formula is C93H150O47. The van der Waals surface area contributed by atoms with Crippen LogP contribution < -0.4 is 0 Å². The highest BCUT2D eigenvalue weighted by Gasteiger charge is 2.74. The third-order valence-corrected chi connectivity index (χ3v) is 33.6. The zero-order chi connectivity index (χ0) is 103. The fourth-order valence-electron chi connectivity index (χ4n) is 24.3. The van der Waals surface area contributed by atoms with Crippen molar-refractivity contribution in [3.8, 4) is 0 Å². The number of allylic oxidation sites excluding steroid dienone is 2. The number of carboxylic acid groups (broad SMARTS) is 1. The maximum atomic E-state index is 16.6. The lowest BCUT2D eigenvalue weighted by atomic mass is 9.33. The number of aldehydes is 1. The van der Waals surface area contributed by atoms with Crippen LogP contribution in [0.5, 0.6) is 0 Å². The highest BCUT2D eigenvalue weighted by molar-refractivity contribution is 5.80. The van der Waals surface area contributed by atoms with Crippen LogP contribution in [-0.2, 0) is 109 Å². The number of fused-ring (bicyclic) bond motifs is 7. The molecule has 8 aliphatic heterocycles. The fourth-order valence-corrected chi connectivity index (χ4v) is 24.3. The van der Waals surface area contributed by atoms with E-state index in [1.54, 1.807) is 27.7 Å². The molecule has 4 saturated carbocycles. The van der Waals surface area contributed by atoms with Gasteiger partial charge in [-0.3, -0.25) is 14.4 Å². The Hall–Kier alpha value is -4.23. The number of hydrogen-bond acceptors (Lipinski definition) is 46. The van der Waals surface area contributed by atoms with Gasteiger partial charge in [-0.15, -0.1) is 0 Å². The van der Waals surface area contributed by atoms with E-state index in [1.165, 1.54) is 13.8 Å². The summed E-state index contributed by atoms with van der Waals surface area (Å²) in [5.74, 6) is -7.68. The lowest BCUT2D eigenvalue weighted by molar-refractivity contribution is -0.394. The maximum Gasteiger partial charge on any atom is 0.335 e. The van der Waals surface area contributed by atoms with E-state index in [0.29, 0.717) is 32.1 Å². The number of ether oxygens (including phenoxy) is 18. The first kappa shape index (κ1) is 113. The first-order valence-electron chi connectivity index (χ1n) is 49.0. The van der Waals surface area contributed by atoms with Gasteiger partial charge in [0.15, 0.2) is 62.3 Å². The van der Waals surface area contributed by atoms with Crippen LogP contribution in [0.1, 0.15) is 179 Å². The summed E-state index contributed by atoms with van der Waals surface area (Å²) in [5, 5.41) is 267. The second kappa shape index (κ2) is 45.3. The maximum absolute atomic E-state index is 16.6. The topological polar surface area (TPSA) is 737 Å². The number of rotatable bonds is 35. The summed E-state index contributed by atoms with van der Waals surface area (Å²) in [5.41, 5.74) is -5.83. The number of esters is 3. The molecule has 0 bridgehead atoms. The molecule has 24 N–H and O–H groups in total. The highest BCUT2D eigenvalue weighted by Crippen LogP contribution is 2.76. The van der Waals surface area contributed by atoms with Crippen molar-refractivity contribution >= 4 is 30.2 Å². The molecular weight excluding hydrogens is 1870 g/mol. The van der Waals surface area contributed by atoms with Gasteiger partial charge in [0, 0.05) is 12.8 Å². The van der Waals surface area contributed by atoms with Crippen LogP contribution in [0.15, 0.2) is 11.6 Å². The molecule has 0 aromatic rings. The molecule has 0 radical (unpaired) electrons. The van der Waals surface area contributed by atoms with Gasteiger partial charge >= 0.3 is 23.9 Å². The molecule has 12 fully saturated rings. The van der Waals surface area contributed by atoms with E-state index in [2.05, 4.69) is 19.9 Å². The zero-order valence-electron chi connectivity index (χ0n) is 80.6. The quantitative estimate of drug-likeness (QED) is 0.00923. The van der Waals surface area contributed by atoms with Crippen LogP contribution >= 0.6 is 0 Å². The Morgan fingerprint density at radius 2 is 0.943 bits per heavy atom. The molecule has 47 heteroatoms. The van der Waals surface area contributed by atoms with Crippen LogP contribution in [0.25, 0.3) is 0 Å². The number of carbonyl (C=O) groups is 5. The molecule has 8 heterocycles. The van der Waals surface area contributed by atoms with Crippen molar-refractivity contribution in [2.45, 2.75) is 443 Å². The molecule has 0 spiro atoms. The van der Waals surface area contributed by atoms with Crippen molar-refractivity contribution in [1.29, 1.82) is 0 Å². The number of hydrogen-bond donors (Lipinski definition) is 24. The molecule has 13 aliphatic rings. The molecule has 804 valence electrons. The van der Waals surface area contributed by atoms with Crippen molar-refractivity contribution in [3.05, 3.63) is 11.6 Å². The smallest absolute Gasteiger partial charge is 0.335 e. The summed E-state index contributed by atoms with van der Waals surface area (Å²) < 4.78 is 110. The molecule has 53 atom stereocenters. The number of aliphatic carboxylic acids is 1. The van der Waals surface area contributed by atoms with Crippen molar-refractivity contribution in [2.24, 2.45) is 62.1 Å². The summed E-state index contributed by atoms with van der Waals surface area (Å²) in [4.78, 5) is 73.1. The molecule has 13 rings (SSSR count). The minimum Gasteiger partial charge on any atom is -0.479 e.